The van der Waals surface area contributed by atoms with Crippen molar-refractivity contribution in [2.24, 2.45) is 0 Å². The van der Waals surface area contributed by atoms with Crippen LogP contribution in [0.2, 0.25) is 0 Å². The van der Waals surface area contributed by atoms with E-state index in [4.69, 9.17) is 0 Å². The van der Waals surface area contributed by atoms with Crippen molar-refractivity contribution in [3.05, 3.63) is 46.4 Å². The Kier molecular flexibility index (Phi) is 4.34. The van der Waals surface area contributed by atoms with E-state index in [1.54, 1.807) is 6.07 Å². The molecule has 1 amide bonds. The highest BCUT2D eigenvalue weighted by Crippen LogP contribution is 2.30. The lowest BCUT2D eigenvalue weighted by atomic mass is 10.0. The van der Waals surface area contributed by atoms with Crippen LogP contribution in [0.1, 0.15) is 43.1 Å². The van der Waals surface area contributed by atoms with Crippen LogP contribution < -0.4 is 5.56 Å². The van der Waals surface area contributed by atoms with Gasteiger partial charge in [0.05, 0.1) is 0 Å². The molecule has 2 saturated heterocycles. The molecule has 1 aromatic heterocycles. The van der Waals surface area contributed by atoms with E-state index >= 15 is 0 Å². The van der Waals surface area contributed by atoms with Crippen molar-refractivity contribution in [2.45, 2.75) is 44.7 Å². The van der Waals surface area contributed by atoms with Gasteiger partial charge in [-0.1, -0.05) is 25.1 Å². The van der Waals surface area contributed by atoms with Crippen LogP contribution >= 0.6 is 0 Å². The van der Waals surface area contributed by atoms with Gasteiger partial charge in [-0.3, -0.25) is 14.5 Å². The third-order valence-electron chi connectivity index (χ3n) is 5.81. The van der Waals surface area contributed by atoms with E-state index in [1.165, 1.54) is 6.42 Å². The minimum Gasteiger partial charge on any atom is -0.333 e. The number of hydrogen-bond donors (Lipinski definition) is 1. The third kappa shape index (κ3) is 2.86. The van der Waals surface area contributed by atoms with Crippen molar-refractivity contribution >= 4 is 16.7 Å². The number of carbonyl (C=O) groups is 1. The van der Waals surface area contributed by atoms with Gasteiger partial charge in [0.2, 0.25) is 0 Å². The summed E-state index contributed by atoms with van der Waals surface area (Å²) in [5.74, 6) is -0.0340. The van der Waals surface area contributed by atoms with Gasteiger partial charge in [0.15, 0.2) is 0 Å². The van der Waals surface area contributed by atoms with E-state index in [0.717, 1.165) is 44.3 Å². The highest BCUT2D eigenvalue weighted by atomic mass is 16.2. The van der Waals surface area contributed by atoms with E-state index in [-0.39, 0.29) is 17.5 Å². The Bertz CT molecular complexity index is 844. The second-order valence-corrected chi connectivity index (χ2v) is 7.15. The number of nitrogens with zero attached hydrogens (tertiary/aromatic N) is 2. The van der Waals surface area contributed by atoms with Crippen LogP contribution in [-0.2, 0) is 0 Å². The molecular formula is C20H25N3O2. The Labute approximate surface area is 147 Å². The number of amides is 1. The fourth-order valence-electron chi connectivity index (χ4n) is 4.61. The molecule has 0 saturated carbocycles. The lowest BCUT2D eigenvalue weighted by Crippen LogP contribution is -2.48. The third-order valence-corrected chi connectivity index (χ3v) is 5.81. The van der Waals surface area contributed by atoms with Gasteiger partial charge in [-0.25, -0.2) is 0 Å². The second-order valence-electron chi connectivity index (χ2n) is 7.15. The van der Waals surface area contributed by atoms with Gasteiger partial charge in [0.1, 0.15) is 5.69 Å². The first-order valence-electron chi connectivity index (χ1n) is 9.36. The molecule has 2 aliphatic heterocycles. The predicted molar refractivity (Wildman–Crippen MR) is 98.9 cm³/mol. The summed E-state index contributed by atoms with van der Waals surface area (Å²) in [6.07, 6.45) is 4.48. The number of aromatic amines is 1. The molecule has 1 N–H and O–H groups in total. The van der Waals surface area contributed by atoms with Crippen molar-refractivity contribution in [2.75, 3.05) is 19.6 Å². The number of likely N-dealkylation sites (tertiary alicyclic amines) is 2. The summed E-state index contributed by atoms with van der Waals surface area (Å²) < 4.78 is 0. The first-order valence-corrected chi connectivity index (χ1v) is 9.36. The van der Waals surface area contributed by atoms with Crippen LogP contribution in [0.4, 0.5) is 0 Å². The maximum Gasteiger partial charge on any atom is 0.270 e. The monoisotopic (exact) mass is 339 g/mol. The largest absolute Gasteiger partial charge is 0.333 e. The van der Waals surface area contributed by atoms with E-state index < -0.39 is 0 Å². The van der Waals surface area contributed by atoms with Crippen LogP contribution in [0, 0.1) is 0 Å². The minimum atomic E-state index is -0.187. The molecule has 2 aliphatic rings. The quantitative estimate of drug-likeness (QED) is 0.935. The zero-order valence-corrected chi connectivity index (χ0v) is 14.7. The highest BCUT2D eigenvalue weighted by molar-refractivity contribution is 5.96. The summed E-state index contributed by atoms with van der Waals surface area (Å²) in [6.45, 7) is 5.15. The van der Waals surface area contributed by atoms with Crippen LogP contribution in [-0.4, -0.2) is 52.4 Å². The zero-order chi connectivity index (χ0) is 17.4. The topological polar surface area (TPSA) is 56.4 Å². The standard InChI is InChI=1S/C20H25N3O2/c1-2-22-11-5-9-17(22)18-10-6-12-23(18)20(25)16-13-14-7-3-4-8-15(14)19(24)21-16/h3-4,7-8,13,17-18H,2,5-6,9-12H2,1H3,(H,21,24)/t17-,18-/m0/s1. The van der Waals surface area contributed by atoms with Crippen LogP contribution in [0.5, 0.6) is 0 Å². The lowest BCUT2D eigenvalue weighted by molar-refractivity contribution is 0.0644. The lowest BCUT2D eigenvalue weighted by Gasteiger charge is -2.34. The molecule has 25 heavy (non-hydrogen) atoms. The minimum absolute atomic E-state index is 0.0340. The van der Waals surface area contributed by atoms with Crippen molar-refractivity contribution in [3.63, 3.8) is 0 Å². The summed E-state index contributed by atoms with van der Waals surface area (Å²) >= 11 is 0. The molecule has 0 aliphatic carbocycles. The summed E-state index contributed by atoms with van der Waals surface area (Å²) in [6, 6.07) is 9.97. The molecule has 0 radical (unpaired) electrons. The smallest absolute Gasteiger partial charge is 0.270 e. The normalized spacial score (nSPS) is 24.3. The molecule has 3 heterocycles. The maximum atomic E-state index is 13.1. The number of carbonyl (C=O) groups excluding carboxylic acids is 1. The number of rotatable bonds is 3. The molecule has 1 aromatic carbocycles. The maximum absolute atomic E-state index is 13.1. The van der Waals surface area contributed by atoms with E-state index in [9.17, 15) is 9.59 Å². The van der Waals surface area contributed by atoms with Gasteiger partial charge >= 0.3 is 0 Å². The molecule has 4 rings (SSSR count). The van der Waals surface area contributed by atoms with Crippen LogP contribution in [0.3, 0.4) is 0 Å². The van der Waals surface area contributed by atoms with Gasteiger partial charge < -0.3 is 9.88 Å². The van der Waals surface area contributed by atoms with Crippen molar-refractivity contribution < 1.29 is 4.79 Å². The average Bonchev–Trinajstić information content (AvgIpc) is 3.29. The van der Waals surface area contributed by atoms with Crippen molar-refractivity contribution in [1.82, 2.24) is 14.8 Å². The predicted octanol–water partition coefficient (Wildman–Crippen LogP) is 2.62. The van der Waals surface area contributed by atoms with Gasteiger partial charge in [-0.05, 0) is 56.3 Å². The van der Waals surface area contributed by atoms with Crippen LogP contribution in [0.25, 0.3) is 10.8 Å². The summed E-state index contributed by atoms with van der Waals surface area (Å²) in [5.41, 5.74) is 0.227. The Balaban J connectivity index is 1.65. The second kappa shape index (κ2) is 6.64. The van der Waals surface area contributed by atoms with E-state index in [0.29, 0.717) is 17.1 Å². The Morgan fingerprint density at radius 2 is 1.92 bits per heavy atom. The molecule has 0 spiro atoms. The molecule has 5 heteroatoms. The fourth-order valence-corrected chi connectivity index (χ4v) is 4.61. The number of nitrogens with one attached hydrogen (secondary N) is 1. The average molecular weight is 339 g/mol. The van der Waals surface area contributed by atoms with Crippen molar-refractivity contribution in [1.29, 1.82) is 0 Å². The van der Waals surface area contributed by atoms with Gasteiger partial charge in [-0.2, -0.15) is 0 Å². The number of pyridine rings is 1. The SMILES string of the molecule is CCN1CCC[C@H]1[C@@H]1CCCN1C(=O)c1cc2ccccc2c(=O)[nH]1. The number of benzene rings is 1. The first kappa shape index (κ1) is 16.3. The molecule has 2 aromatic rings. The fraction of sp³-hybridized carbons (Fsp3) is 0.500. The first-order chi connectivity index (χ1) is 12.2. The summed E-state index contributed by atoms with van der Waals surface area (Å²) in [7, 11) is 0. The molecule has 2 atom stereocenters. The Morgan fingerprint density at radius 3 is 2.76 bits per heavy atom. The number of hydrogen-bond acceptors (Lipinski definition) is 3. The van der Waals surface area contributed by atoms with E-state index in [2.05, 4.69) is 16.8 Å². The van der Waals surface area contributed by atoms with Gasteiger partial charge in [0, 0.05) is 24.0 Å². The number of aromatic nitrogens is 1. The molecule has 0 unspecified atom stereocenters. The van der Waals surface area contributed by atoms with Crippen molar-refractivity contribution in [3.8, 4) is 0 Å². The van der Waals surface area contributed by atoms with Gasteiger partial charge in [-0.15, -0.1) is 0 Å². The molecule has 132 valence electrons. The molecule has 0 bridgehead atoms. The molecule has 5 nitrogen and oxygen atoms in total. The van der Waals surface area contributed by atoms with Crippen LogP contribution in [0.15, 0.2) is 35.1 Å². The number of fused-ring (bicyclic) bond motifs is 1. The van der Waals surface area contributed by atoms with E-state index in [1.807, 2.05) is 29.2 Å². The highest BCUT2D eigenvalue weighted by Gasteiger charge is 2.39. The Morgan fingerprint density at radius 1 is 1.16 bits per heavy atom. The number of H-pyrrole nitrogens is 1. The molecule has 2 fully saturated rings. The van der Waals surface area contributed by atoms with Gasteiger partial charge in [0.25, 0.3) is 11.5 Å². The molecular weight excluding hydrogens is 314 g/mol. The summed E-state index contributed by atoms with van der Waals surface area (Å²) in [4.78, 5) is 32.8. The zero-order valence-electron chi connectivity index (χ0n) is 14.7. The number of likely N-dealkylation sites (N-methyl/N-ethyl adjacent to an activating group) is 1. The summed E-state index contributed by atoms with van der Waals surface area (Å²) in [5, 5.41) is 1.45. The Hall–Kier alpha value is -2.14.